The molecule has 0 aromatic carbocycles. The number of pyridine rings is 1. The summed E-state index contributed by atoms with van der Waals surface area (Å²) in [5.41, 5.74) is 2.40. The van der Waals surface area contributed by atoms with E-state index in [-0.39, 0.29) is 29.9 Å². The van der Waals surface area contributed by atoms with Gasteiger partial charge >= 0.3 is 6.01 Å². The molecule has 3 atom stereocenters. The summed E-state index contributed by atoms with van der Waals surface area (Å²) >= 11 is 0. The Bertz CT molecular complexity index is 932. The number of rotatable bonds is 5. The number of carbonyl (C=O) groups is 1. The maximum absolute atomic E-state index is 13.6. The summed E-state index contributed by atoms with van der Waals surface area (Å²) in [4.78, 5) is 30.3. The molecule has 3 fully saturated rings. The lowest BCUT2D eigenvalue weighted by Gasteiger charge is -2.27. The fourth-order valence-corrected chi connectivity index (χ4v) is 5.21. The Morgan fingerprint density at radius 1 is 1.20 bits per heavy atom. The van der Waals surface area contributed by atoms with Gasteiger partial charge < -0.3 is 14.5 Å². The minimum Gasteiger partial charge on any atom is -0.463 e. The number of halogens is 1. The molecule has 2 aromatic heterocycles. The van der Waals surface area contributed by atoms with Crippen LogP contribution >= 0.6 is 0 Å². The second-order valence-corrected chi connectivity index (χ2v) is 8.52. The molecule has 2 aromatic rings. The van der Waals surface area contributed by atoms with Crippen LogP contribution in [0, 0.1) is 18.7 Å². The maximum atomic E-state index is 13.6. The van der Waals surface area contributed by atoms with E-state index in [0.29, 0.717) is 12.3 Å². The van der Waals surface area contributed by atoms with Crippen molar-refractivity contribution in [2.75, 3.05) is 24.6 Å². The molecular weight excluding hydrogens is 385 g/mol. The van der Waals surface area contributed by atoms with E-state index in [4.69, 9.17) is 4.74 Å². The average molecular weight is 411 g/mol. The highest BCUT2D eigenvalue weighted by Crippen LogP contribution is 2.43. The van der Waals surface area contributed by atoms with Crippen molar-refractivity contribution in [3.8, 4) is 6.01 Å². The predicted molar refractivity (Wildman–Crippen MR) is 109 cm³/mol. The van der Waals surface area contributed by atoms with Gasteiger partial charge in [0.25, 0.3) is 5.91 Å². The summed E-state index contributed by atoms with van der Waals surface area (Å²) in [6.07, 6.45) is 7.40. The van der Waals surface area contributed by atoms with Crippen LogP contribution < -0.4 is 9.64 Å². The minimum absolute atomic E-state index is 0.0358. The van der Waals surface area contributed by atoms with Crippen molar-refractivity contribution in [3.63, 3.8) is 0 Å². The lowest BCUT2D eigenvalue weighted by molar-refractivity contribution is 0.0703. The molecule has 0 aliphatic carbocycles. The highest BCUT2D eigenvalue weighted by atomic mass is 19.1. The third kappa shape index (κ3) is 3.48. The second kappa shape index (κ2) is 7.81. The van der Waals surface area contributed by atoms with Crippen molar-refractivity contribution in [2.24, 2.45) is 5.92 Å². The van der Waals surface area contributed by atoms with Gasteiger partial charge in [0.05, 0.1) is 24.7 Å². The zero-order valence-electron chi connectivity index (χ0n) is 17.1. The molecule has 8 heteroatoms. The molecule has 5 rings (SSSR count). The minimum atomic E-state index is -0.487. The van der Waals surface area contributed by atoms with Gasteiger partial charge in [-0.1, -0.05) is 0 Å². The van der Waals surface area contributed by atoms with Crippen LogP contribution in [-0.4, -0.2) is 57.5 Å². The third-order valence-corrected chi connectivity index (χ3v) is 6.59. The van der Waals surface area contributed by atoms with E-state index in [1.165, 1.54) is 0 Å². The monoisotopic (exact) mass is 411 g/mol. The van der Waals surface area contributed by atoms with E-state index in [9.17, 15) is 9.18 Å². The topological polar surface area (TPSA) is 71.5 Å². The number of amides is 1. The number of ether oxygens (including phenoxy) is 1. The molecule has 7 nitrogen and oxygen atoms in total. The lowest BCUT2D eigenvalue weighted by Crippen LogP contribution is -2.39. The number of aryl methyl sites for hydroxylation is 1. The lowest BCUT2D eigenvalue weighted by atomic mass is 9.90. The second-order valence-electron chi connectivity index (χ2n) is 8.52. The van der Waals surface area contributed by atoms with Crippen LogP contribution in [0.5, 0.6) is 6.01 Å². The van der Waals surface area contributed by atoms with Crippen molar-refractivity contribution >= 4 is 11.6 Å². The Labute approximate surface area is 175 Å². The van der Waals surface area contributed by atoms with Crippen molar-refractivity contribution < 1.29 is 13.9 Å². The Balaban J connectivity index is 1.33. The highest BCUT2D eigenvalue weighted by Gasteiger charge is 2.49. The van der Waals surface area contributed by atoms with Crippen LogP contribution in [0.25, 0.3) is 0 Å². The zero-order valence-corrected chi connectivity index (χ0v) is 17.1. The Morgan fingerprint density at radius 3 is 2.73 bits per heavy atom. The largest absolute Gasteiger partial charge is 0.463 e. The average Bonchev–Trinajstić information content (AvgIpc) is 3.49. The van der Waals surface area contributed by atoms with E-state index < -0.39 is 5.82 Å². The SMILES string of the molecule is Cc1ccc(N2CCCC2)c(C(=O)N2C3CCC2C(COc2ncc(F)cn2)C3)n1. The van der Waals surface area contributed by atoms with Gasteiger partial charge in [0.1, 0.15) is 0 Å². The van der Waals surface area contributed by atoms with E-state index in [0.717, 1.165) is 69.0 Å². The van der Waals surface area contributed by atoms with Crippen LogP contribution in [0.15, 0.2) is 24.5 Å². The van der Waals surface area contributed by atoms with Crippen LogP contribution in [0.4, 0.5) is 10.1 Å². The van der Waals surface area contributed by atoms with Gasteiger partial charge in [-0.05, 0) is 51.2 Å². The molecule has 0 saturated carbocycles. The predicted octanol–water partition coefficient (Wildman–Crippen LogP) is 2.99. The first-order valence-electron chi connectivity index (χ1n) is 10.8. The summed E-state index contributed by atoms with van der Waals surface area (Å²) in [6, 6.07) is 4.57. The first kappa shape index (κ1) is 19.2. The summed E-state index contributed by atoms with van der Waals surface area (Å²) < 4.78 is 18.7. The number of anilines is 1. The summed E-state index contributed by atoms with van der Waals surface area (Å²) in [5.74, 6) is -0.228. The molecule has 0 spiro atoms. The quantitative estimate of drug-likeness (QED) is 0.753. The first-order chi connectivity index (χ1) is 14.6. The van der Waals surface area contributed by atoms with Gasteiger partial charge in [-0.25, -0.2) is 19.3 Å². The number of hydrogen-bond donors (Lipinski definition) is 0. The number of fused-ring (bicyclic) bond motifs is 2. The van der Waals surface area contributed by atoms with E-state index >= 15 is 0 Å². The molecule has 3 saturated heterocycles. The Hall–Kier alpha value is -2.77. The fraction of sp³-hybridized carbons (Fsp3) is 0.545. The van der Waals surface area contributed by atoms with Crippen molar-refractivity contribution in [2.45, 2.75) is 51.1 Å². The highest BCUT2D eigenvalue weighted by molar-refractivity contribution is 5.98. The van der Waals surface area contributed by atoms with Gasteiger partial charge in [-0.2, -0.15) is 0 Å². The molecule has 158 valence electrons. The maximum Gasteiger partial charge on any atom is 0.316 e. The zero-order chi connectivity index (χ0) is 20.7. The molecular formula is C22H26FN5O2. The molecule has 3 aliphatic heterocycles. The fourth-order valence-electron chi connectivity index (χ4n) is 5.21. The Morgan fingerprint density at radius 2 is 1.97 bits per heavy atom. The van der Waals surface area contributed by atoms with E-state index in [1.807, 2.05) is 24.0 Å². The van der Waals surface area contributed by atoms with E-state index in [2.05, 4.69) is 19.9 Å². The van der Waals surface area contributed by atoms with Crippen molar-refractivity contribution in [3.05, 3.63) is 41.7 Å². The van der Waals surface area contributed by atoms with Crippen LogP contribution in [0.3, 0.4) is 0 Å². The normalized spacial score (nSPS) is 25.2. The molecule has 2 bridgehead atoms. The smallest absolute Gasteiger partial charge is 0.316 e. The number of nitrogens with zero attached hydrogens (tertiary/aromatic N) is 5. The van der Waals surface area contributed by atoms with Gasteiger partial charge in [0.15, 0.2) is 11.5 Å². The number of hydrogen-bond acceptors (Lipinski definition) is 6. The number of carbonyl (C=O) groups excluding carboxylic acids is 1. The summed E-state index contributed by atoms with van der Waals surface area (Å²) in [6.45, 7) is 4.32. The molecule has 1 amide bonds. The van der Waals surface area contributed by atoms with E-state index in [1.54, 1.807) is 0 Å². The third-order valence-electron chi connectivity index (χ3n) is 6.59. The van der Waals surface area contributed by atoms with Gasteiger partial charge in [-0.15, -0.1) is 0 Å². The Kier molecular flexibility index (Phi) is 5.00. The van der Waals surface area contributed by atoms with Gasteiger partial charge in [0, 0.05) is 36.8 Å². The molecule has 30 heavy (non-hydrogen) atoms. The van der Waals surface area contributed by atoms with Gasteiger partial charge in [-0.3, -0.25) is 4.79 Å². The molecule has 0 radical (unpaired) electrons. The van der Waals surface area contributed by atoms with Gasteiger partial charge in [0.2, 0.25) is 0 Å². The van der Waals surface area contributed by atoms with Crippen molar-refractivity contribution in [1.82, 2.24) is 19.9 Å². The molecule has 3 unspecified atom stereocenters. The number of aromatic nitrogens is 3. The molecule has 5 heterocycles. The summed E-state index contributed by atoms with van der Waals surface area (Å²) in [7, 11) is 0. The van der Waals surface area contributed by atoms with Crippen LogP contribution in [0.1, 0.15) is 48.3 Å². The first-order valence-corrected chi connectivity index (χ1v) is 10.8. The van der Waals surface area contributed by atoms with Crippen LogP contribution in [-0.2, 0) is 0 Å². The molecule has 3 aliphatic rings. The van der Waals surface area contributed by atoms with Crippen molar-refractivity contribution in [1.29, 1.82) is 0 Å². The standard InChI is InChI=1S/C22H26FN5O2/c1-14-4-6-19(27-8-2-3-9-27)20(26-14)21(29)28-17-5-7-18(28)15(10-17)13-30-22-24-11-16(23)12-25-22/h4,6,11-12,15,17-18H,2-3,5,7-10,13H2,1H3. The summed E-state index contributed by atoms with van der Waals surface area (Å²) in [5, 5.41) is 0. The van der Waals surface area contributed by atoms with Crippen LogP contribution in [0.2, 0.25) is 0 Å². The molecule has 0 N–H and O–H groups in total.